The molecule has 3 aromatic rings. The van der Waals surface area contributed by atoms with Crippen LogP contribution < -0.4 is 15.4 Å². The van der Waals surface area contributed by atoms with Crippen LogP contribution in [0.2, 0.25) is 0 Å². The average molecular weight is 560 g/mol. The number of hydrogen-bond acceptors (Lipinski definition) is 7. The first-order valence-electron chi connectivity index (χ1n) is 11.5. The summed E-state index contributed by atoms with van der Waals surface area (Å²) in [5, 5.41) is 5.71. The van der Waals surface area contributed by atoms with Crippen molar-refractivity contribution < 1.29 is 35.9 Å². The minimum Gasteiger partial charge on any atom is -0.490 e. The molecule has 3 unspecified atom stereocenters. The topological polar surface area (TPSA) is 89.0 Å². The van der Waals surface area contributed by atoms with Gasteiger partial charge in [-0.2, -0.15) is 26.3 Å². The summed E-state index contributed by atoms with van der Waals surface area (Å²) in [6, 6.07) is 2.17. The summed E-state index contributed by atoms with van der Waals surface area (Å²) in [6.45, 7) is 3.54. The van der Waals surface area contributed by atoms with Crippen LogP contribution >= 0.6 is 11.3 Å². The van der Waals surface area contributed by atoms with E-state index in [0.717, 1.165) is 17.3 Å². The number of nitrogens with zero attached hydrogens (tertiary/aromatic N) is 3. The summed E-state index contributed by atoms with van der Waals surface area (Å²) in [4.78, 5) is 25.0. The number of hydrogen-bond donors (Lipinski definition) is 2. The van der Waals surface area contributed by atoms with Gasteiger partial charge in [-0.15, -0.1) is 11.3 Å². The van der Waals surface area contributed by atoms with Crippen molar-refractivity contribution in [2.24, 2.45) is 0 Å². The SMILES string of the molecule is Cc1cnc(-c2cc(OC3CCNC(C(F)(F)F)C3)cc(C(=O)NC(C)c3cnc(C(F)(F)F)nc3)c2)s1. The number of nitrogens with one attached hydrogen (secondary N) is 2. The fourth-order valence-corrected chi connectivity index (χ4v) is 4.66. The normalized spacial score (nSPS) is 19.2. The zero-order valence-electron chi connectivity index (χ0n) is 20.2. The number of ether oxygens (including phenoxy) is 1. The molecule has 0 aliphatic carbocycles. The molecule has 1 saturated heterocycles. The summed E-state index contributed by atoms with van der Waals surface area (Å²) < 4.78 is 83.8. The number of rotatable bonds is 6. The van der Waals surface area contributed by atoms with Crippen LogP contribution in [0.25, 0.3) is 10.6 Å². The minimum atomic E-state index is -4.69. The van der Waals surface area contributed by atoms with Gasteiger partial charge in [0.2, 0.25) is 5.82 Å². The third kappa shape index (κ3) is 6.78. The van der Waals surface area contributed by atoms with Crippen molar-refractivity contribution in [1.29, 1.82) is 0 Å². The predicted molar refractivity (Wildman–Crippen MR) is 127 cm³/mol. The number of halogens is 6. The minimum absolute atomic E-state index is 0.125. The Labute approximate surface area is 217 Å². The van der Waals surface area contributed by atoms with E-state index in [2.05, 4.69) is 25.6 Å². The highest BCUT2D eigenvalue weighted by Gasteiger charge is 2.43. The van der Waals surface area contributed by atoms with Gasteiger partial charge in [-0.1, -0.05) is 0 Å². The molecule has 3 heterocycles. The van der Waals surface area contributed by atoms with E-state index in [1.807, 2.05) is 6.92 Å². The Bertz CT molecular complexity index is 1280. The van der Waals surface area contributed by atoms with Gasteiger partial charge in [0.05, 0.1) is 6.04 Å². The number of carbonyl (C=O) groups is 1. The summed E-state index contributed by atoms with van der Waals surface area (Å²) in [6.07, 6.45) is -6.14. The third-order valence-corrected chi connectivity index (χ3v) is 6.83. The lowest BCUT2D eigenvalue weighted by Crippen LogP contribution is -2.50. The van der Waals surface area contributed by atoms with Crippen LogP contribution in [0.5, 0.6) is 5.75 Å². The first kappa shape index (κ1) is 27.8. The highest BCUT2D eigenvalue weighted by molar-refractivity contribution is 7.14. The second kappa shape index (κ2) is 10.8. The van der Waals surface area contributed by atoms with E-state index in [4.69, 9.17) is 4.74 Å². The van der Waals surface area contributed by atoms with Crippen LogP contribution in [0.3, 0.4) is 0 Å². The Morgan fingerprint density at radius 1 is 1.11 bits per heavy atom. The average Bonchev–Trinajstić information content (AvgIpc) is 3.29. The summed E-state index contributed by atoms with van der Waals surface area (Å²) in [7, 11) is 0. The number of piperidine rings is 1. The Kier molecular flexibility index (Phi) is 7.93. The van der Waals surface area contributed by atoms with Crippen molar-refractivity contribution in [3.63, 3.8) is 0 Å². The van der Waals surface area contributed by atoms with Crippen molar-refractivity contribution in [1.82, 2.24) is 25.6 Å². The maximum absolute atomic E-state index is 13.2. The van der Waals surface area contributed by atoms with E-state index in [1.54, 1.807) is 25.3 Å². The maximum Gasteiger partial charge on any atom is 0.451 e. The highest BCUT2D eigenvalue weighted by atomic mass is 32.1. The van der Waals surface area contributed by atoms with Crippen LogP contribution in [0.1, 0.15) is 52.4 Å². The van der Waals surface area contributed by atoms with E-state index in [0.29, 0.717) is 17.0 Å². The number of amides is 1. The molecule has 7 nitrogen and oxygen atoms in total. The molecule has 14 heteroatoms. The standard InChI is InChI=1S/C24H23F6N5O2S/c1-12-9-32-21(38-12)15-5-14(6-18(7-15)37-17-3-4-31-19(8-17)23(25,26)27)20(36)35-13(2)16-10-33-22(34-11-16)24(28,29)30/h5-7,9-11,13,17,19,31H,3-4,8H2,1-2H3,(H,35,36). The molecule has 0 bridgehead atoms. The molecule has 2 N–H and O–H groups in total. The smallest absolute Gasteiger partial charge is 0.451 e. The molecule has 1 fully saturated rings. The second-order valence-electron chi connectivity index (χ2n) is 8.87. The van der Waals surface area contributed by atoms with E-state index in [9.17, 15) is 31.1 Å². The van der Waals surface area contributed by atoms with Gasteiger partial charge in [0, 0.05) is 46.6 Å². The van der Waals surface area contributed by atoms with Gasteiger partial charge in [0.15, 0.2) is 0 Å². The van der Waals surface area contributed by atoms with E-state index in [-0.39, 0.29) is 29.8 Å². The van der Waals surface area contributed by atoms with Crippen LogP contribution in [0.15, 0.2) is 36.8 Å². The lowest BCUT2D eigenvalue weighted by atomic mass is 10.0. The van der Waals surface area contributed by atoms with Gasteiger partial charge in [-0.05, 0) is 45.0 Å². The van der Waals surface area contributed by atoms with Gasteiger partial charge in [0.25, 0.3) is 5.91 Å². The largest absolute Gasteiger partial charge is 0.490 e. The van der Waals surface area contributed by atoms with Gasteiger partial charge in [-0.25, -0.2) is 15.0 Å². The molecular weight excluding hydrogens is 536 g/mol. The Hall–Kier alpha value is -3.26. The molecule has 1 aliphatic heterocycles. The fraction of sp³-hybridized carbons (Fsp3) is 0.417. The first-order valence-corrected chi connectivity index (χ1v) is 12.4. The number of benzene rings is 1. The number of carbonyl (C=O) groups excluding carboxylic acids is 1. The van der Waals surface area contributed by atoms with Crippen molar-refractivity contribution in [3.05, 3.63) is 58.6 Å². The van der Waals surface area contributed by atoms with Gasteiger partial charge < -0.3 is 15.4 Å². The molecule has 3 atom stereocenters. The molecule has 38 heavy (non-hydrogen) atoms. The molecule has 1 aliphatic rings. The zero-order valence-corrected chi connectivity index (χ0v) is 21.0. The third-order valence-electron chi connectivity index (χ3n) is 5.86. The number of aryl methyl sites for hydroxylation is 1. The molecule has 1 amide bonds. The highest BCUT2D eigenvalue weighted by Crippen LogP contribution is 2.33. The Morgan fingerprint density at radius 2 is 1.82 bits per heavy atom. The van der Waals surface area contributed by atoms with Gasteiger partial charge in [-0.3, -0.25) is 4.79 Å². The zero-order chi connectivity index (χ0) is 27.7. The number of thiazole rings is 1. The van der Waals surface area contributed by atoms with Crippen LogP contribution in [0.4, 0.5) is 26.3 Å². The molecule has 0 saturated carbocycles. The fourth-order valence-electron chi connectivity index (χ4n) is 3.91. The first-order chi connectivity index (χ1) is 17.8. The summed E-state index contributed by atoms with van der Waals surface area (Å²) in [5.74, 6) is -1.66. The molecule has 4 rings (SSSR count). The molecule has 0 radical (unpaired) electrons. The maximum atomic E-state index is 13.2. The number of alkyl halides is 6. The lowest BCUT2D eigenvalue weighted by molar-refractivity contribution is -0.166. The van der Waals surface area contributed by atoms with E-state index >= 15 is 0 Å². The summed E-state index contributed by atoms with van der Waals surface area (Å²) >= 11 is 1.37. The van der Waals surface area contributed by atoms with Gasteiger partial charge in [0.1, 0.15) is 22.9 Å². The van der Waals surface area contributed by atoms with Crippen molar-refractivity contribution in [2.45, 2.75) is 57.2 Å². The monoisotopic (exact) mass is 559 g/mol. The van der Waals surface area contributed by atoms with E-state index < -0.39 is 42.3 Å². The van der Waals surface area contributed by atoms with Crippen molar-refractivity contribution in [3.8, 4) is 16.3 Å². The lowest BCUT2D eigenvalue weighted by Gasteiger charge is -2.32. The van der Waals surface area contributed by atoms with Crippen LogP contribution in [0, 0.1) is 6.92 Å². The van der Waals surface area contributed by atoms with Crippen molar-refractivity contribution >= 4 is 17.2 Å². The van der Waals surface area contributed by atoms with Gasteiger partial charge >= 0.3 is 12.4 Å². The summed E-state index contributed by atoms with van der Waals surface area (Å²) in [5.41, 5.74) is 0.936. The quantitative estimate of drug-likeness (QED) is 0.389. The molecule has 2 aromatic heterocycles. The Balaban J connectivity index is 1.56. The van der Waals surface area contributed by atoms with Crippen LogP contribution in [-0.2, 0) is 6.18 Å². The predicted octanol–water partition coefficient (Wildman–Crippen LogP) is 5.48. The van der Waals surface area contributed by atoms with Crippen LogP contribution in [-0.4, -0.2) is 45.7 Å². The molecular formula is C24H23F6N5O2S. The van der Waals surface area contributed by atoms with E-state index in [1.165, 1.54) is 17.4 Å². The molecule has 0 spiro atoms. The molecule has 1 aromatic carbocycles. The second-order valence-corrected chi connectivity index (χ2v) is 10.1. The Morgan fingerprint density at radius 3 is 2.42 bits per heavy atom. The van der Waals surface area contributed by atoms with Crippen molar-refractivity contribution in [2.75, 3.05) is 6.54 Å². The molecule has 204 valence electrons. The number of aromatic nitrogens is 3.